The first-order valence-electron chi connectivity index (χ1n) is 7.69. The number of anilines is 1. The summed E-state index contributed by atoms with van der Waals surface area (Å²) in [5, 5.41) is 13.1. The van der Waals surface area contributed by atoms with E-state index in [4.69, 9.17) is 16.7 Å². The molecule has 0 radical (unpaired) electrons. The Kier molecular flexibility index (Phi) is 4.84. The second-order valence-corrected chi connectivity index (χ2v) is 6.05. The van der Waals surface area contributed by atoms with Crippen molar-refractivity contribution in [2.75, 3.05) is 25.0 Å². The molecule has 0 unspecified atom stereocenters. The van der Waals surface area contributed by atoms with Crippen LogP contribution in [0.1, 0.15) is 21.5 Å². The largest absolute Gasteiger partial charge is 0.395 e. The zero-order valence-corrected chi connectivity index (χ0v) is 13.5. The van der Waals surface area contributed by atoms with E-state index in [9.17, 15) is 4.79 Å². The lowest BCUT2D eigenvalue weighted by molar-refractivity contribution is 0.0705. The molecule has 1 aliphatic rings. The Morgan fingerprint density at radius 3 is 2.70 bits per heavy atom. The number of rotatable bonds is 5. The van der Waals surface area contributed by atoms with Crippen LogP contribution in [0.15, 0.2) is 42.5 Å². The normalized spacial score (nSPS) is 13.8. The lowest BCUT2D eigenvalue weighted by Gasteiger charge is -2.28. The van der Waals surface area contributed by atoms with Gasteiger partial charge in [-0.15, -0.1) is 0 Å². The zero-order valence-electron chi connectivity index (χ0n) is 12.8. The highest BCUT2D eigenvalue weighted by atomic mass is 35.5. The van der Waals surface area contributed by atoms with Crippen LogP contribution in [0, 0.1) is 0 Å². The first-order valence-corrected chi connectivity index (χ1v) is 8.06. The van der Waals surface area contributed by atoms with Crippen LogP contribution in [0.2, 0.25) is 5.02 Å². The first-order chi connectivity index (χ1) is 11.2. The molecule has 1 heterocycles. The molecule has 2 aromatic rings. The summed E-state index contributed by atoms with van der Waals surface area (Å²) in [4.78, 5) is 14.1. The second-order valence-electron chi connectivity index (χ2n) is 5.62. The summed E-state index contributed by atoms with van der Waals surface area (Å²) in [6.07, 6.45) is 0.832. The van der Waals surface area contributed by atoms with Crippen molar-refractivity contribution >= 4 is 23.2 Å². The number of nitrogens with zero attached hydrogens (tertiary/aromatic N) is 1. The van der Waals surface area contributed by atoms with Gasteiger partial charge >= 0.3 is 0 Å². The lowest BCUT2D eigenvalue weighted by Crippen LogP contribution is -2.39. The number of β-amino-alcohol motifs (C(OH)–C–C–N with tert-alkyl or cyclic N) is 1. The fourth-order valence-corrected chi connectivity index (χ4v) is 2.90. The molecule has 0 fully saturated rings. The Labute approximate surface area is 140 Å². The average molecular weight is 331 g/mol. The van der Waals surface area contributed by atoms with E-state index in [0.29, 0.717) is 19.6 Å². The number of benzene rings is 2. The highest BCUT2D eigenvalue weighted by Crippen LogP contribution is 2.23. The average Bonchev–Trinajstić information content (AvgIpc) is 2.57. The predicted molar refractivity (Wildman–Crippen MR) is 91.9 cm³/mol. The van der Waals surface area contributed by atoms with Crippen LogP contribution in [-0.2, 0) is 13.0 Å². The number of carbonyl (C=O) groups excluding carboxylic acids is 1. The zero-order chi connectivity index (χ0) is 16.2. The van der Waals surface area contributed by atoms with Gasteiger partial charge in [-0.3, -0.25) is 4.79 Å². The van der Waals surface area contributed by atoms with Crippen LogP contribution in [-0.4, -0.2) is 35.6 Å². The van der Waals surface area contributed by atoms with Crippen LogP contribution in [0.5, 0.6) is 0 Å². The van der Waals surface area contributed by atoms with Gasteiger partial charge < -0.3 is 15.3 Å². The molecule has 4 nitrogen and oxygen atoms in total. The van der Waals surface area contributed by atoms with Crippen molar-refractivity contribution in [1.82, 2.24) is 4.90 Å². The van der Waals surface area contributed by atoms with Crippen molar-refractivity contribution in [3.05, 3.63) is 64.2 Å². The molecule has 3 rings (SSSR count). The smallest absolute Gasteiger partial charge is 0.254 e. The summed E-state index contributed by atoms with van der Waals surface area (Å²) in [5.74, 6) is -0.00422. The summed E-state index contributed by atoms with van der Waals surface area (Å²) >= 11 is 5.88. The van der Waals surface area contributed by atoms with Crippen LogP contribution in [0.25, 0.3) is 0 Å². The van der Waals surface area contributed by atoms with Gasteiger partial charge in [0.15, 0.2) is 0 Å². The number of hydrogen-bond donors (Lipinski definition) is 2. The molecule has 0 aliphatic carbocycles. The van der Waals surface area contributed by atoms with E-state index < -0.39 is 0 Å². The molecule has 23 heavy (non-hydrogen) atoms. The molecule has 0 spiro atoms. The Morgan fingerprint density at radius 1 is 1.17 bits per heavy atom. The van der Waals surface area contributed by atoms with Gasteiger partial charge in [0.25, 0.3) is 5.91 Å². The van der Waals surface area contributed by atoms with E-state index in [-0.39, 0.29) is 12.5 Å². The van der Waals surface area contributed by atoms with Gasteiger partial charge in [-0.1, -0.05) is 29.8 Å². The molecule has 0 atom stereocenters. The minimum Gasteiger partial charge on any atom is -0.395 e. The molecule has 2 aromatic carbocycles. The number of aliphatic hydroxyl groups excluding tert-OH is 1. The second kappa shape index (κ2) is 7.02. The number of carbonyl (C=O) groups is 1. The van der Waals surface area contributed by atoms with E-state index in [1.165, 1.54) is 0 Å². The van der Waals surface area contributed by atoms with E-state index in [2.05, 4.69) is 5.32 Å². The van der Waals surface area contributed by atoms with Crippen molar-refractivity contribution < 1.29 is 9.90 Å². The molecule has 1 aliphatic heterocycles. The Hall–Kier alpha value is -2.04. The third kappa shape index (κ3) is 3.66. The third-order valence-electron chi connectivity index (χ3n) is 4.06. The van der Waals surface area contributed by atoms with Gasteiger partial charge in [0, 0.05) is 35.9 Å². The number of aliphatic hydroxyl groups is 1. The molecule has 5 heteroatoms. The Balaban J connectivity index is 1.72. The van der Waals surface area contributed by atoms with Gasteiger partial charge in [0.1, 0.15) is 0 Å². The van der Waals surface area contributed by atoms with Crippen molar-refractivity contribution in [2.45, 2.75) is 13.0 Å². The van der Waals surface area contributed by atoms with Gasteiger partial charge in [-0.05, 0) is 41.8 Å². The van der Waals surface area contributed by atoms with Crippen molar-refractivity contribution in [3.8, 4) is 0 Å². The number of nitrogens with one attached hydrogen (secondary N) is 1. The molecular weight excluding hydrogens is 312 g/mol. The molecule has 2 N–H and O–H groups in total. The van der Waals surface area contributed by atoms with Gasteiger partial charge in [0.2, 0.25) is 0 Å². The summed E-state index contributed by atoms with van der Waals surface area (Å²) < 4.78 is 0. The van der Waals surface area contributed by atoms with Crippen LogP contribution < -0.4 is 5.32 Å². The monoisotopic (exact) mass is 330 g/mol. The maximum atomic E-state index is 12.4. The summed E-state index contributed by atoms with van der Waals surface area (Å²) in [6, 6.07) is 13.6. The molecule has 0 bridgehead atoms. The number of amides is 1. The van der Waals surface area contributed by atoms with Gasteiger partial charge in [0.05, 0.1) is 6.61 Å². The fourth-order valence-electron chi connectivity index (χ4n) is 2.77. The topological polar surface area (TPSA) is 52.6 Å². The van der Waals surface area contributed by atoms with Gasteiger partial charge in [-0.25, -0.2) is 0 Å². The molecule has 120 valence electrons. The van der Waals surface area contributed by atoms with E-state index in [0.717, 1.165) is 33.8 Å². The maximum Gasteiger partial charge on any atom is 0.254 e. The maximum absolute atomic E-state index is 12.4. The first kappa shape index (κ1) is 15.8. The molecular formula is C18H19ClN2O2. The van der Waals surface area contributed by atoms with Gasteiger partial charge in [-0.2, -0.15) is 0 Å². The quantitative estimate of drug-likeness (QED) is 0.886. The minimum atomic E-state index is -0.00438. The van der Waals surface area contributed by atoms with Crippen molar-refractivity contribution in [2.24, 2.45) is 0 Å². The highest BCUT2D eigenvalue weighted by Gasteiger charge is 2.23. The summed E-state index contributed by atoms with van der Waals surface area (Å²) in [6.45, 7) is 1.73. The molecule has 0 aromatic heterocycles. The highest BCUT2D eigenvalue weighted by molar-refractivity contribution is 6.30. The van der Waals surface area contributed by atoms with Crippen LogP contribution in [0.3, 0.4) is 0 Å². The summed E-state index contributed by atoms with van der Waals surface area (Å²) in [7, 11) is 0. The van der Waals surface area contributed by atoms with Crippen molar-refractivity contribution in [1.29, 1.82) is 0 Å². The van der Waals surface area contributed by atoms with E-state index >= 15 is 0 Å². The summed E-state index contributed by atoms with van der Waals surface area (Å²) in [5.41, 5.74) is 3.84. The number of halogens is 1. The van der Waals surface area contributed by atoms with Crippen LogP contribution >= 0.6 is 11.6 Å². The van der Waals surface area contributed by atoms with E-state index in [1.54, 1.807) is 4.90 Å². The SMILES string of the molecule is O=C1c2cc(NCc3ccc(Cl)cc3)ccc2CCN1CCO. The minimum absolute atomic E-state index is 0.00422. The molecule has 1 amide bonds. The predicted octanol–water partition coefficient (Wildman–Crippen LogP) is 2.94. The number of hydrogen-bond acceptors (Lipinski definition) is 3. The lowest BCUT2D eigenvalue weighted by atomic mass is 9.98. The fraction of sp³-hybridized carbons (Fsp3) is 0.278. The van der Waals surface area contributed by atoms with E-state index in [1.807, 2.05) is 42.5 Å². The third-order valence-corrected chi connectivity index (χ3v) is 4.31. The van der Waals surface area contributed by atoms with Crippen LogP contribution in [0.4, 0.5) is 5.69 Å². The van der Waals surface area contributed by atoms with Crippen molar-refractivity contribution in [3.63, 3.8) is 0 Å². The number of fused-ring (bicyclic) bond motifs is 1. The molecule has 0 saturated heterocycles. The Morgan fingerprint density at radius 2 is 1.96 bits per heavy atom. The Bertz CT molecular complexity index is 701. The standard InChI is InChI=1S/C18H19ClN2O2/c19-15-4-1-13(2-5-15)12-20-16-6-3-14-7-8-21(9-10-22)18(23)17(14)11-16/h1-6,11,20,22H,7-10,12H2. The molecule has 0 saturated carbocycles.